The largest absolute Gasteiger partial charge is 0.383 e. The number of carbonyl (C=O) groups is 1. The number of methoxy groups -OCH3 is 1. The summed E-state index contributed by atoms with van der Waals surface area (Å²) in [6.45, 7) is 0.590. The van der Waals surface area contributed by atoms with Crippen molar-refractivity contribution < 1.29 is 17.9 Å². The first-order valence-corrected chi connectivity index (χ1v) is 8.55. The van der Waals surface area contributed by atoms with Crippen LogP contribution in [0.25, 0.3) is 0 Å². The third-order valence-electron chi connectivity index (χ3n) is 2.75. The van der Waals surface area contributed by atoms with Gasteiger partial charge in [-0.15, -0.1) is 0 Å². The number of para-hydroxylation sites is 1. The predicted octanol–water partition coefficient (Wildman–Crippen LogP) is 1.58. The van der Waals surface area contributed by atoms with Gasteiger partial charge in [0.15, 0.2) is 0 Å². The summed E-state index contributed by atoms with van der Waals surface area (Å²) in [5, 5.41) is 3.08. The Morgan fingerprint density at radius 2 is 2.00 bits per heavy atom. The van der Waals surface area contributed by atoms with Gasteiger partial charge in [0, 0.05) is 26.6 Å². The van der Waals surface area contributed by atoms with Gasteiger partial charge in [0.2, 0.25) is 15.9 Å². The average molecular weight is 335 g/mol. The van der Waals surface area contributed by atoms with Crippen molar-refractivity contribution in [2.75, 3.05) is 38.4 Å². The van der Waals surface area contributed by atoms with Crippen molar-refractivity contribution in [1.29, 1.82) is 0 Å². The molecular formula is C13H19ClN2O4S. The zero-order valence-corrected chi connectivity index (χ0v) is 13.6. The Morgan fingerprint density at radius 1 is 1.33 bits per heavy atom. The third-order valence-corrected chi connectivity index (χ3v) is 4.38. The second kappa shape index (κ2) is 8.33. The van der Waals surface area contributed by atoms with Crippen LogP contribution in [-0.4, -0.2) is 51.7 Å². The van der Waals surface area contributed by atoms with Crippen LogP contribution in [0.3, 0.4) is 0 Å². The molecule has 0 heterocycles. The molecular weight excluding hydrogens is 316 g/mol. The maximum atomic E-state index is 11.8. The topological polar surface area (TPSA) is 75.7 Å². The van der Waals surface area contributed by atoms with E-state index in [0.29, 0.717) is 10.7 Å². The fourth-order valence-electron chi connectivity index (χ4n) is 1.64. The zero-order chi connectivity index (χ0) is 15.9. The van der Waals surface area contributed by atoms with E-state index in [-0.39, 0.29) is 32.0 Å². The minimum absolute atomic E-state index is 0.0437. The summed E-state index contributed by atoms with van der Waals surface area (Å²) in [7, 11) is -1.88. The molecule has 1 N–H and O–H groups in total. The molecule has 21 heavy (non-hydrogen) atoms. The van der Waals surface area contributed by atoms with Crippen LogP contribution < -0.4 is 5.32 Å². The van der Waals surface area contributed by atoms with Crippen molar-refractivity contribution in [3.8, 4) is 0 Å². The van der Waals surface area contributed by atoms with Crippen molar-refractivity contribution in [3.05, 3.63) is 29.3 Å². The molecule has 1 aromatic carbocycles. The summed E-state index contributed by atoms with van der Waals surface area (Å²) in [5.74, 6) is -0.297. The van der Waals surface area contributed by atoms with Crippen LogP contribution in [0.15, 0.2) is 24.3 Å². The Balaban J connectivity index is 2.56. The number of hydrogen-bond donors (Lipinski definition) is 1. The molecule has 8 heteroatoms. The van der Waals surface area contributed by atoms with E-state index in [4.69, 9.17) is 16.3 Å². The molecule has 118 valence electrons. The number of rotatable bonds is 8. The number of amides is 1. The highest BCUT2D eigenvalue weighted by molar-refractivity contribution is 7.88. The monoisotopic (exact) mass is 334 g/mol. The van der Waals surface area contributed by atoms with Crippen molar-refractivity contribution in [2.45, 2.75) is 6.42 Å². The lowest BCUT2D eigenvalue weighted by Gasteiger charge is -2.19. The Labute approximate surface area is 130 Å². The van der Waals surface area contributed by atoms with Gasteiger partial charge in [0.05, 0.1) is 23.6 Å². The van der Waals surface area contributed by atoms with Crippen molar-refractivity contribution in [3.63, 3.8) is 0 Å². The normalized spacial score (nSPS) is 11.6. The molecule has 0 aliphatic carbocycles. The summed E-state index contributed by atoms with van der Waals surface area (Å²) in [5.41, 5.74) is 0.506. The van der Waals surface area contributed by atoms with E-state index in [9.17, 15) is 13.2 Å². The molecule has 6 nitrogen and oxygen atoms in total. The van der Waals surface area contributed by atoms with Gasteiger partial charge in [0.25, 0.3) is 0 Å². The number of ether oxygens (including phenoxy) is 1. The van der Waals surface area contributed by atoms with Crippen LogP contribution in [0.2, 0.25) is 5.02 Å². The number of carbonyl (C=O) groups excluding carboxylic acids is 1. The smallest absolute Gasteiger partial charge is 0.225 e. The number of nitrogens with zero attached hydrogens (tertiary/aromatic N) is 1. The number of hydrogen-bond acceptors (Lipinski definition) is 4. The highest BCUT2D eigenvalue weighted by Gasteiger charge is 2.17. The van der Waals surface area contributed by atoms with Crippen LogP contribution in [0.1, 0.15) is 6.42 Å². The maximum Gasteiger partial charge on any atom is 0.225 e. The molecule has 0 aliphatic rings. The van der Waals surface area contributed by atoms with E-state index >= 15 is 0 Å². The quantitative estimate of drug-likeness (QED) is 0.783. The van der Waals surface area contributed by atoms with Gasteiger partial charge in [0.1, 0.15) is 0 Å². The van der Waals surface area contributed by atoms with Crippen LogP contribution in [0.5, 0.6) is 0 Å². The van der Waals surface area contributed by atoms with E-state index < -0.39 is 10.0 Å². The van der Waals surface area contributed by atoms with Gasteiger partial charge in [-0.05, 0) is 12.1 Å². The molecule has 1 amide bonds. The van der Waals surface area contributed by atoms with Crippen molar-refractivity contribution in [1.82, 2.24) is 4.31 Å². The lowest BCUT2D eigenvalue weighted by atomic mass is 10.3. The van der Waals surface area contributed by atoms with Gasteiger partial charge >= 0.3 is 0 Å². The standard InChI is InChI=1S/C13H19ClN2O4S/c1-20-10-9-16(21(2,18)19)8-7-13(17)15-12-6-4-3-5-11(12)14/h3-6H,7-10H2,1-2H3,(H,15,17). The summed E-state index contributed by atoms with van der Waals surface area (Å²) in [6, 6.07) is 6.86. The van der Waals surface area contributed by atoms with Gasteiger partial charge in [-0.3, -0.25) is 4.79 Å². The second-order valence-electron chi connectivity index (χ2n) is 4.43. The number of halogens is 1. The van der Waals surface area contributed by atoms with E-state index in [1.54, 1.807) is 24.3 Å². The Kier molecular flexibility index (Phi) is 7.10. The van der Waals surface area contributed by atoms with E-state index in [2.05, 4.69) is 5.32 Å². The second-order valence-corrected chi connectivity index (χ2v) is 6.82. The summed E-state index contributed by atoms with van der Waals surface area (Å²) in [6.07, 6.45) is 1.15. The molecule has 0 saturated heterocycles. The fraction of sp³-hybridized carbons (Fsp3) is 0.462. The van der Waals surface area contributed by atoms with Gasteiger partial charge in [-0.2, -0.15) is 4.31 Å². The summed E-state index contributed by atoms with van der Waals surface area (Å²) in [4.78, 5) is 11.8. The summed E-state index contributed by atoms with van der Waals surface area (Å²) < 4.78 is 29.2. The number of anilines is 1. The first kappa shape index (κ1) is 17.9. The molecule has 1 rings (SSSR count). The molecule has 0 aromatic heterocycles. The average Bonchev–Trinajstić information content (AvgIpc) is 2.40. The van der Waals surface area contributed by atoms with Gasteiger partial charge in [-0.25, -0.2) is 8.42 Å². The molecule has 0 fully saturated rings. The molecule has 0 aliphatic heterocycles. The Morgan fingerprint density at radius 3 is 2.57 bits per heavy atom. The molecule has 0 atom stereocenters. The number of nitrogens with one attached hydrogen (secondary N) is 1. The minimum atomic E-state index is -3.37. The molecule has 1 aromatic rings. The molecule has 0 radical (unpaired) electrons. The van der Waals surface area contributed by atoms with Crippen LogP contribution >= 0.6 is 11.6 Å². The first-order chi connectivity index (χ1) is 9.84. The van der Waals surface area contributed by atoms with Crippen LogP contribution in [0.4, 0.5) is 5.69 Å². The van der Waals surface area contributed by atoms with E-state index in [0.717, 1.165) is 6.26 Å². The van der Waals surface area contributed by atoms with Crippen molar-refractivity contribution in [2.24, 2.45) is 0 Å². The van der Waals surface area contributed by atoms with E-state index in [1.807, 2.05) is 0 Å². The fourth-order valence-corrected chi connectivity index (χ4v) is 2.65. The highest BCUT2D eigenvalue weighted by atomic mass is 35.5. The molecule has 0 spiro atoms. The minimum Gasteiger partial charge on any atom is -0.383 e. The molecule has 0 bridgehead atoms. The predicted molar refractivity (Wildman–Crippen MR) is 83.0 cm³/mol. The first-order valence-electron chi connectivity index (χ1n) is 6.33. The van der Waals surface area contributed by atoms with Gasteiger partial charge < -0.3 is 10.1 Å². The lowest BCUT2D eigenvalue weighted by Crippen LogP contribution is -2.35. The SMILES string of the molecule is COCCN(CCC(=O)Nc1ccccc1Cl)S(C)(=O)=O. The van der Waals surface area contributed by atoms with Crippen molar-refractivity contribution >= 4 is 33.2 Å². The molecule has 0 unspecified atom stereocenters. The van der Waals surface area contributed by atoms with E-state index in [1.165, 1.54) is 11.4 Å². The molecule has 0 saturated carbocycles. The number of benzene rings is 1. The number of sulfonamides is 1. The Hall–Kier alpha value is -1.15. The van der Waals surface area contributed by atoms with Crippen LogP contribution in [0, 0.1) is 0 Å². The maximum absolute atomic E-state index is 11.8. The van der Waals surface area contributed by atoms with Gasteiger partial charge in [-0.1, -0.05) is 23.7 Å². The zero-order valence-electron chi connectivity index (χ0n) is 12.0. The lowest BCUT2D eigenvalue weighted by molar-refractivity contribution is -0.116. The Bertz CT molecular complexity index is 577. The highest BCUT2D eigenvalue weighted by Crippen LogP contribution is 2.20. The van der Waals surface area contributed by atoms with Crippen LogP contribution in [-0.2, 0) is 19.6 Å². The third kappa shape index (κ3) is 6.43. The summed E-state index contributed by atoms with van der Waals surface area (Å²) >= 11 is 5.93.